The van der Waals surface area contributed by atoms with Gasteiger partial charge < -0.3 is 9.21 Å². The molecule has 0 spiro atoms. The van der Waals surface area contributed by atoms with Gasteiger partial charge in [-0.2, -0.15) is 0 Å². The smallest absolute Gasteiger partial charge is 0.216 e. The maximum absolute atomic E-state index is 10.6. The van der Waals surface area contributed by atoms with Gasteiger partial charge in [0, 0.05) is 19.8 Å². The molecule has 0 aliphatic heterocycles. The summed E-state index contributed by atoms with van der Waals surface area (Å²) in [5.41, 5.74) is 0. The lowest BCUT2D eigenvalue weighted by molar-refractivity contribution is -0.117. The zero-order valence-electron chi connectivity index (χ0n) is 8.75. The highest BCUT2D eigenvalue weighted by Crippen LogP contribution is 2.06. The molecule has 0 unspecified atom stereocenters. The van der Waals surface area contributed by atoms with Gasteiger partial charge in [-0.3, -0.25) is 0 Å². The van der Waals surface area contributed by atoms with Crippen LogP contribution in [0.4, 0.5) is 0 Å². The molecule has 0 amide bonds. The van der Waals surface area contributed by atoms with E-state index in [0.29, 0.717) is 18.2 Å². The molecule has 4 heteroatoms. The Balaban J connectivity index is 2.07. The molecule has 0 bridgehead atoms. The number of aromatic nitrogens is 2. The molecule has 0 saturated heterocycles. The van der Waals surface area contributed by atoms with Crippen LogP contribution in [0.1, 0.15) is 44.4 Å². The standard InChI is InChI=1S/C10H16N2O2/c1-8(13)6-4-3-5-7-10-12-11-9(2)14-10/h3-7H2,1-2H3. The van der Waals surface area contributed by atoms with Crippen LogP contribution in [-0.2, 0) is 11.2 Å². The third-order valence-electron chi connectivity index (χ3n) is 1.99. The van der Waals surface area contributed by atoms with Gasteiger partial charge in [0.05, 0.1) is 0 Å². The number of ketones is 1. The highest BCUT2D eigenvalue weighted by molar-refractivity contribution is 5.75. The van der Waals surface area contributed by atoms with Crippen molar-refractivity contribution < 1.29 is 9.21 Å². The molecular weight excluding hydrogens is 180 g/mol. The Hall–Kier alpha value is -1.19. The molecule has 0 aliphatic carbocycles. The number of unbranched alkanes of at least 4 members (excludes halogenated alkanes) is 2. The molecule has 78 valence electrons. The van der Waals surface area contributed by atoms with Crippen molar-refractivity contribution in [3.8, 4) is 0 Å². The van der Waals surface area contributed by atoms with E-state index in [1.54, 1.807) is 13.8 Å². The first-order valence-electron chi connectivity index (χ1n) is 4.97. The minimum atomic E-state index is 0.263. The van der Waals surface area contributed by atoms with Crippen molar-refractivity contribution in [2.45, 2.75) is 46.0 Å². The van der Waals surface area contributed by atoms with Crippen molar-refractivity contribution in [1.82, 2.24) is 10.2 Å². The maximum Gasteiger partial charge on any atom is 0.216 e. The summed E-state index contributed by atoms with van der Waals surface area (Å²) in [6, 6.07) is 0. The first-order chi connectivity index (χ1) is 6.68. The predicted octanol–water partition coefficient (Wildman–Crippen LogP) is 2.07. The van der Waals surface area contributed by atoms with Gasteiger partial charge in [0.2, 0.25) is 11.8 Å². The van der Waals surface area contributed by atoms with E-state index in [-0.39, 0.29) is 5.78 Å². The van der Waals surface area contributed by atoms with E-state index in [1.807, 2.05) is 0 Å². The van der Waals surface area contributed by atoms with Crippen molar-refractivity contribution in [2.75, 3.05) is 0 Å². The average molecular weight is 196 g/mol. The van der Waals surface area contributed by atoms with Gasteiger partial charge in [0.1, 0.15) is 5.78 Å². The summed E-state index contributed by atoms with van der Waals surface area (Å²) in [5, 5.41) is 7.64. The molecular formula is C10H16N2O2. The topological polar surface area (TPSA) is 56.0 Å². The molecule has 0 saturated carbocycles. The monoisotopic (exact) mass is 196 g/mol. The molecule has 0 atom stereocenters. The Labute approximate surface area is 83.7 Å². The van der Waals surface area contributed by atoms with E-state index in [9.17, 15) is 4.79 Å². The maximum atomic E-state index is 10.6. The van der Waals surface area contributed by atoms with Gasteiger partial charge >= 0.3 is 0 Å². The molecule has 0 fully saturated rings. The van der Waals surface area contributed by atoms with E-state index in [2.05, 4.69) is 10.2 Å². The van der Waals surface area contributed by atoms with E-state index < -0.39 is 0 Å². The number of aryl methyl sites for hydroxylation is 2. The molecule has 1 rings (SSSR count). The second kappa shape index (κ2) is 5.52. The third-order valence-corrected chi connectivity index (χ3v) is 1.99. The van der Waals surface area contributed by atoms with Crippen LogP contribution in [0.5, 0.6) is 0 Å². The Morgan fingerprint density at radius 2 is 2.07 bits per heavy atom. The van der Waals surface area contributed by atoms with Crippen molar-refractivity contribution in [3.05, 3.63) is 11.8 Å². The normalized spacial score (nSPS) is 10.4. The van der Waals surface area contributed by atoms with Crippen molar-refractivity contribution in [2.24, 2.45) is 0 Å². The fraction of sp³-hybridized carbons (Fsp3) is 0.700. The molecule has 0 aromatic carbocycles. The van der Waals surface area contributed by atoms with Crippen LogP contribution in [0.3, 0.4) is 0 Å². The van der Waals surface area contributed by atoms with Gasteiger partial charge in [0.25, 0.3) is 0 Å². The number of hydrogen-bond donors (Lipinski definition) is 0. The second-order valence-electron chi connectivity index (χ2n) is 3.48. The molecule has 1 aromatic heterocycles. The number of carbonyl (C=O) groups excluding carboxylic acids is 1. The fourth-order valence-electron chi connectivity index (χ4n) is 1.27. The van der Waals surface area contributed by atoms with Crippen molar-refractivity contribution in [1.29, 1.82) is 0 Å². The zero-order valence-corrected chi connectivity index (χ0v) is 8.75. The summed E-state index contributed by atoms with van der Waals surface area (Å²) in [5.74, 6) is 1.58. The van der Waals surface area contributed by atoms with Gasteiger partial charge in [-0.25, -0.2) is 0 Å². The van der Waals surface area contributed by atoms with E-state index in [0.717, 1.165) is 25.7 Å². The molecule has 14 heavy (non-hydrogen) atoms. The van der Waals surface area contributed by atoms with Gasteiger partial charge in [-0.05, 0) is 19.8 Å². The number of rotatable bonds is 6. The number of Topliss-reactive ketones (excluding diaryl/α,β-unsaturated/α-hetero) is 1. The Morgan fingerprint density at radius 1 is 1.29 bits per heavy atom. The lowest BCUT2D eigenvalue weighted by Gasteiger charge is -1.95. The molecule has 0 radical (unpaired) electrons. The highest BCUT2D eigenvalue weighted by Gasteiger charge is 2.01. The fourth-order valence-corrected chi connectivity index (χ4v) is 1.27. The Bertz CT molecular complexity index is 294. The third kappa shape index (κ3) is 4.16. The SMILES string of the molecule is CC(=O)CCCCCc1nnc(C)o1. The van der Waals surface area contributed by atoms with Crippen LogP contribution >= 0.6 is 0 Å². The van der Waals surface area contributed by atoms with Crippen molar-refractivity contribution >= 4 is 5.78 Å². The van der Waals surface area contributed by atoms with E-state index in [1.165, 1.54) is 0 Å². The van der Waals surface area contributed by atoms with Crippen LogP contribution in [0, 0.1) is 6.92 Å². The summed E-state index contributed by atoms with van der Waals surface area (Å²) >= 11 is 0. The van der Waals surface area contributed by atoms with Crippen LogP contribution < -0.4 is 0 Å². The summed E-state index contributed by atoms with van der Waals surface area (Å²) in [6.07, 6.45) is 4.51. The first-order valence-corrected chi connectivity index (χ1v) is 4.97. The lowest BCUT2D eigenvalue weighted by Crippen LogP contribution is -1.91. The first kappa shape index (κ1) is 10.9. The quantitative estimate of drug-likeness (QED) is 0.653. The molecule has 0 aliphatic rings. The molecule has 1 heterocycles. The van der Waals surface area contributed by atoms with Crippen LogP contribution in [0.25, 0.3) is 0 Å². The largest absolute Gasteiger partial charge is 0.426 e. The lowest BCUT2D eigenvalue weighted by atomic mass is 10.1. The minimum Gasteiger partial charge on any atom is -0.426 e. The summed E-state index contributed by atoms with van der Waals surface area (Å²) in [6.45, 7) is 3.41. The second-order valence-corrected chi connectivity index (χ2v) is 3.48. The average Bonchev–Trinajstić information content (AvgIpc) is 2.50. The predicted molar refractivity (Wildman–Crippen MR) is 51.9 cm³/mol. The van der Waals surface area contributed by atoms with Crippen molar-refractivity contribution in [3.63, 3.8) is 0 Å². The number of carbonyl (C=O) groups is 1. The van der Waals surface area contributed by atoms with Gasteiger partial charge in [0.15, 0.2) is 0 Å². The summed E-state index contributed by atoms with van der Waals surface area (Å²) in [4.78, 5) is 10.6. The number of hydrogen-bond acceptors (Lipinski definition) is 4. The molecule has 1 aromatic rings. The molecule has 4 nitrogen and oxygen atoms in total. The highest BCUT2D eigenvalue weighted by atomic mass is 16.4. The number of nitrogens with zero attached hydrogens (tertiary/aromatic N) is 2. The summed E-state index contributed by atoms with van der Waals surface area (Å²) in [7, 11) is 0. The van der Waals surface area contributed by atoms with Crippen LogP contribution in [0.15, 0.2) is 4.42 Å². The molecule has 0 N–H and O–H groups in total. The van der Waals surface area contributed by atoms with Crippen LogP contribution in [0.2, 0.25) is 0 Å². The Kier molecular flexibility index (Phi) is 4.29. The zero-order chi connectivity index (χ0) is 10.4. The van der Waals surface area contributed by atoms with Gasteiger partial charge in [-0.1, -0.05) is 6.42 Å². The summed E-state index contributed by atoms with van der Waals surface area (Å²) < 4.78 is 5.22. The minimum absolute atomic E-state index is 0.263. The Morgan fingerprint density at radius 3 is 2.64 bits per heavy atom. The van der Waals surface area contributed by atoms with E-state index >= 15 is 0 Å². The van der Waals surface area contributed by atoms with Crippen LogP contribution in [-0.4, -0.2) is 16.0 Å². The van der Waals surface area contributed by atoms with E-state index in [4.69, 9.17) is 4.42 Å². The van der Waals surface area contributed by atoms with Gasteiger partial charge in [-0.15, -0.1) is 10.2 Å².